The van der Waals surface area contributed by atoms with Gasteiger partial charge < -0.3 is 15.1 Å². The fraction of sp³-hybridized carbons (Fsp3) is 0.320. The minimum atomic E-state index is -4.44. The zero-order valence-electron chi connectivity index (χ0n) is 18.2. The first-order chi connectivity index (χ1) is 16.2. The number of halogens is 4. The van der Waals surface area contributed by atoms with Crippen molar-refractivity contribution in [1.82, 2.24) is 15.1 Å². The van der Waals surface area contributed by atoms with E-state index < -0.39 is 11.7 Å². The van der Waals surface area contributed by atoms with Crippen molar-refractivity contribution in [1.29, 1.82) is 0 Å². The molecule has 4 nitrogen and oxygen atoms in total. The van der Waals surface area contributed by atoms with Crippen molar-refractivity contribution < 1.29 is 18.0 Å². The van der Waals surface area contributed by atoms with E-state index in [1.54, 1.807) is 4.90 Å². The highest BCUT2D eigenvalue weighted by Crippen LogP contribution is 2.40. The van der Waals surface area contributed by atoms with Crippen LogP contribution in [-0.2, 0) is 6.18 Å². The number of carbonyl (C=O) groups excluding carboxylic acids is 1. The number of hydrogen-bond acceptors (Lipinski definition) is 4. The lowest BCUT2D eigenvalue weighted by Crippen LogP contribution is -2.61. The molecule has 2 aliphatic rings. The first-order valence-corrected chi connectivity index (χ1v) is 12.2. The number of nitrogens with one attached hydrogen (secondary N) is 1. The number of amides is 1. The molecule has 2 aliphatic heterocycles. The Morgan fingerprint density at radius 2 is 1.76 bits per heavy atom. The Hall–Kier alpha value is -2.55. The Labute approximate surface area is 204 Å². The molecule has 1 N–H and O–H groups in total. The Kier molecular flexibility index (Phi) is 6.08. The maximum Gasteiger partial charge on any atom is 0.416 e. The second kappa shape index (κ2) is 8.91. The molecule has 2 fully saturated rings. The molecule has 34 heavy (non-hydrogen) atoms. The van der Waals surface area contributed by atoms with Crippen LogP contribution in [0.2, 0.25) is 5.02 Å². The Morgan fingerprint density at radius 1 is 1.06 bits per heavy atom. The summed E-state index contributed by atoms with van der Waals surface area (Å²) < 4.78 is 39.4. The molecule has 1 amide bonds. The Morgan fingerprint density at radius 3 is 2.47 bits per heavy atom. The van der Waals surface area contributed by atoms with Crippen LogP contribution >= 0.6 is 22.9 Å². The van der Waals surface area contributed by atoms with Crippen LogP contribution in [0.1, 0.15) is 27.2 Å². The number of alkyl halides is 3. The summed E-state index contributed by atoms with van der Waals surface area (Å²) in [5.41, 5.74) is 1.39. The molecule has 0 bridgehead atoms. The molecule has 0 unspecified atom stereocenters. The molecule has 2 saturated heterocycles. The van der Waals surface area contributed by atoms with Gasteiger partial charge in [0.05, 0.1) is 10.6 Å². The minimum Gasteiger partial charge on any atom is -0.370 e. The highest BCUT2D eigenvalue weighted by molar-refractivity contribution is 7.21. The number of rotatable bonds is 5. The smallest absolute Gasteiger partial charge is 0.370 e. The molecule has 3 aromatic rings. The third-order valence-electron chi connectivity index (χ3n) is 6.47. The van der Waals surface area contributed by atoms with Gasteiger partial charge in [-0.3, -0.25) is 4.79 Å². The zero-order chi connectivity index (χ0) is 24.0. The van der Waals surface area contributed by atoms with Gasteiger partial charge in [-0.2, -0.15) is 13.2 Å². The van der Waals surface area contributed by atoms with Gasteiger partial charge in [-0.25, -0.2) is 0 Å². The number of thiophene rings is 1. The van der Waals surface area contributed by atoms with E-state index in [1.165, 1.54) is 6.07 Å². The summed E-state index contributed by atoms with van der Waals surface area (Å²) in [7, 11) is 0. The van der Waals surface area contributed by atoms with Crippen molar-refractivity contribution in [2.45, 2.75) is 24.7 Å². The number of carbonyl (C=O) groups is 1. The van der Waals surface area contributed by atoms with Crippen molar-refractivity contribution in [3.05, 3.63) is 76.1 Å². The standard InChI is InChI=1S/C25H23ClF3N3OS/c1-15(16-5-3-2-4-6-16)31-10-9-18(12-31)30-19-13-32(14-19)24(33)23-22(26)20-8-7-17(25(27,28)29)11-21(20)34-23/h2-8,11,18-19,30H,1,9-10,12-14H2/t18-/m0/s1. The molecule has 1 aromatic heterocycles. The topological polar surface area (TPSA) is 35.6 Å². The lowest BCUT2D eigenvalue weighted by Gasteiger charge is -2.41. The summed E-state index contributed by atoms with van der Waals surface area (Å²) in [5, 5.41) is 4.32. The normalized spacial score (nSPS) is 19.0. The van der Waals surface area contributed by atoms with E-state index in [4.69, 9.17) is 11.6 Å². The molecular formula is C25H23ClF3N3OS. The fourth-order valence-corrected chi connectivity index (χ4v) is 6.08. The Bertz CT molecular complexity index is 1240. The first kappa shape index (κ1) is 23.2. The molecule has 3 heterocycles. The molecule has 1 atom stereocenters. The largest absolute Gasteiger partial charge is 0.416 e. The molecule has 0 spiro atoms. The van der Waals surface area contributed by atoms with Crippen molar-refractivity contribution >= 4 is 44.6 Å². The van der Waals surface area contributed by atoms with Crippen molar-refractivity contribution in [2.24, 2.45) is 0 Å². The predicted molar refractivity (Wildman–Crippen MR) is 130 cm³/mol. The van der Waals surface area contributed by atoms with Gasteiger partial charge in [0.25, 0.3) is 5.91 Å². The lowest BCUT2D eigenvalue weighted by molar-refractivity contribution is -0.137. The van der Waals surface area contributed by atoms with Crippen molar-refractivity contribution in [3.8, 4) is 0 Å². The van der Waals surface area contributed by atoms with Crippen LogP contribution in [0.5, 0.6) is 0 Å². The maximum atomic E-state index is 13.0. The maximum absolute atomic E-state index is 13.0. The van der Waals surface area contributed by atoms with E-state index in [0.29, 0.717) is 34.1 Å². The highest BCUT2D eigenvalue weighted by Gasteiger charge is 2.36. The van der Waals surface area contributed by atoms with Gasteiger partial charge in [-0.05, 0) is 24.1 Å². The summed E-state index contributed by atoms with van der Waals surface area (Å²) in [6.45, 7) is 7.13. The second-order valence-corrected chi connectivity index (χ2v) is 10.2. The average Bonchev–Trinajstić information content (AvgIpc) is 3.39. The van der Waals surface area contributed by atoms with Crippen LogP contribution in [-0.4, -0.2) is 54.0 Å². The first-order valence-electron chi connectivity index (χ1n) is 11.0. The third-order valence-corrected chi connectivity index (χ3v) is 8.11. The number of fused-ring (bicyclic) bond motifs is 1. The van der Waals surface area contributed by atoms with Crippen LogP contribution in [0, 0.1) is 0 Å². The van der Waals surface area contributed by atoms with Crippen molar-refractivity contribution in [2.75, 3.05) is 26.2 Å². The molecule has 0 aliphatic carbocycles. The lowest BCUT2D eigenvalue weighted by atomic mass is 10.1. The van der Waals surface area contributed by atoms with Crippen LogP contribution < -0.4 is 5.32 Å². The van der Waals surface area contributed by atoms with Gasteiger partial charge in [-0.15, -0.1) is 11.3 Å². The highest BCUT2D eigenvalue weighted by atomic mass is 35.5. The molecular weight excluding hydrogens is 483 g/mol. The number of likely N-dealkylation sites (tertiary alicyclic amines) is 2. The average molecular weight is 506 g/mol. The predicted octanol–water partition coefficient (Wildman–Crippen LogP) is 5.73. The summed E-state index contributed by atoms with van der Waals surface area (Å²) in [6.07, 6.45) is -3.44. The molecule has 178 valence electrons. The van der Waals surface area contributed by atoms with E-state index in [1.807, 2.05) is 18.2 Å². The van der Waals surface area contributed by atoms with Crippen LogP contribution in [0.25, 0.3) is 15.8 Å². The number of nitrogens with zero attached hydrogens (tertiary/aromatic N) is 2. The molecule has 5 rings (SSSR count). The summed E-state index contributed by atoms with van der Waals surface area (Å²) in [6, 6.07) is 14.0. The quantitative estimate of drug-likeness (QED) is 0.481. The van der Waals surface area contributed by atoms with Crippen molar-refractivity contribution in [3.63, 3.8) is 0 Å². The van der Waals surface area contributed by atoms with Gasteiger partial charge in [0.15, 0.2) is 0 Å². The summed E-state index contributed by atoms with van der Waals surface area (Å²) >= 11 is 7.38. The SMILES string of the molecule is C=C(c1ccccc1)N1CC[C@H](NC2CN(C(=O)c3sc4cc(C(F)(F)F)ccc4c3Cl)C2)C1. The number of hydrogen-bond donors (Lipinski definition) is 1. The van der Waals surface area contributed by atoms with Gasteiger partial charge in [0.2, 0.25) is 0 Å². The molecule has 0 radical (unpaired) electrons. The fourth-order valence-electron chi connectivity index (χ4n) is 4.56. The second-order valence-electron chi connectivity index (χ2n) is 8.77. The van der Waals surface area contributed by atoms with E-state index in [0.717, 1.165) is 54.2 Å². The van der Waals surface area contributed by atoms with Gasteiger partial charge >= 0.3 is 6.18 Å². The molecule has 9 heteroatoms. The Balaban J connectivity index is 1.17. The monoisotopic (exact) mass is 505 g/mol. The van der Waals surface area contributed by atoms with E-state index >= 15 is 0 Å². The van der Waals surface area contributed by atoms with E-state index in [9.17, 15) is 18.0 Å². The van der Waals surface area contributed by atoms with E-state index in [2.05, 4.69) is 28.9 Å². The van der Waals surface area contributed by atoms with Gasteiger partial charge in [0, 0.05) is 54.0 Å². The minimum absolute atomic E-state index is 0.184. The summed E-state index contributed by atoms with van der Waals surface area (Å²) in [4.78, 5) is 17.2. The number of benzene rings is 2. The van der Waals surface area contributed by atoms with Gasteiger partial charge in [-0.1, -0.05) is 54.6 Å². The molecule has 0 saturated carbocycles. The third kappa shape index (κ3) is 4.42. The van der Waals surface area contributed by atoms with E-state index in [-0.39, 0.29) is 17.0 Å². The van der Waals surface area contributed by atoms with Crippen LogP contribution in [0.15, 0.2) is 55.1 Å². The van der Waals surface area contributed by atoms with Crippen LogP contribution in [0.3, 0.4) is 0 Å². The zero-order valence-corrected chi connectivity index (χ0v) is 19.8. The summed E-state index contributed by atoms with van der Waals surface area (Å²) in [5.74, 6) is -0.233. The van der Waals surface area contributed by atoms with Crippen LogP contribution in [0.4, 0.5) is 13.2 Å². The molecule has 2 aromatic carbocycles. The van der Waals surface area contributed by atoms with Gasteiger partial charge in [0.1, 0.15) is 4.88 Å².